The molecule has 1 saturated heterocycles. The molecular formula is C18H25NO3S. The lowest BCUT2D eigenvalue weighted by Gasteiger charge is -2.47. The molecular weight excluding hydrogens is 310 g/mol. The standard InChI is InChI=1S/C18H25NO3S/c1-13(2)17-12-22-18-7-5-4-6-16(18)19(17)23(20,21)15-10-8-14(3)9-11-15/h8-11,16-18H,1,4-7,12H2,2-3H3/t16-,17-,18+/m0/s1. The third kappa shape index (κ3) is 3.10. The Morgan fingerprint density at radius 2 is 1.87 bits per heavy atom. The van der Waals surface area contributed by atoms with E-state index in [4.69, 9.17) is 4.74 Å². The van der Waals surface area contributed by atoms with E-state index in [1.54, 1.807) is 16.4 Å². The van der Waals surface area contributed by atoms with Gasteiger partial charge >= 0.3 is 0 Å². The molecule has 0 unspecified atom stereocenters. The van der Waals surface area contributed by atoms with Crippen LogP contribution in [0.5, 0.6) is 0 Å². The molecule has 2 aliphatic rings. The van der Waals surface area contributed by atoms with Crippen LogP contribution in [0.1, 0.15) is 38.2 Å². The molecule has 3 rings (SSSR count). The van der Waals surface area contributed by atoms with Crippen molar-refractivity contribution in [2.45, 2.75) is 62.6 Å². The van der Waals surface area contributed by atoms with Gasteiger partial charge < -0.3 is 4.74 Å². The number of fused-ring (bicyclic) bond motifs is 1. The molecule has 1 aromatic carbocycles. The summed E-state index contributed by atoms with van der Waals surface area (Å²) >= 11 is 0. The topological polar surface area (TPSA) is 46.6 Å². The molecule has 1 saturated carbocycles. The van der Waals surface area contributed by atoms with Crippen molar-refractivity contribution in [2.75, 3.05) is 6.61 Å². The minimum atomic E-state index is -3.55. The first kappa shape index (κ1) is 16.7. The summed E-state index contributed by atoms with van der Waals surface area (Å²) in [7, 11) is -3.55. The second kappa shape index (κ2) is 6.38. The van der Waals surface area contributed by atoms with Gasteiger partial charge in [0.2, 0.25) is 10.0 Å². The van der Waals surface area contributed by atoms with Crippen molar-refractivity contribution in [2.24, 2.45) is 0 Å². The van der Waals surface area contributed by atoms with E-state index < -0.39 is 10.0 Å². The first-order valence-corrected chi connectivity index (χ1v) is 9.72. The van der Waals surface area contributed by atoms with Crippen LogP contribution >= 0.6 is 0 Å². The van der Waals surface area contributed by atoms with E-state index >= 15 is 0 Å². The highest BCUT2D eigenvalue weighted by Crippen LogP contribution is 2.36. The van der Waals surface area contributed by atoms with Crippen molar-refractivity contribution in [3.05, 3.63) is 42.0 Å². The number of aryl methyl sites for hydroxylation is 1. The molecule has 0 bridgehead atoms. The molecule has 0 amide bonds. The lowest BCUT2D eigenvalue weighted by atomic mass is 9.90. The van der Waals surface area contributed by atoms with Gasteiger partial charge in [-0.1, -0.05) is 42.7 Å². The Bertz CT molecular complexity index is 681. The maximum atomic E-state index is 13.3. The van der Waals surface area contributed by atoms with Crippen LogP contribution in [0.15, 0.2) is 41.3 Å². The molecule has 1 heterocycles. The highest BCUT2D eigenvalue weighted by molar-refractivity contribution is 7.89. The van der Waals surface area contributed by atoms with Gasteiger partial charge in [-0.25, -0.2) is 8.42 Å². The molecule has 1 aromatic rings. The van der Waals surface area contributed by atoms with Crippen LogP contribution in [-0.4, -0.2) is 37.5 Å². The van der Waals surface area contributed by atoms with Gasteiger partial charge in [-0.15, -0.1) is 0 Å². The van der Waals surface area contributed by atoms with Crippen molar-refractivity contribution in [3.63, 3.8) is 0 Å². The van der Waals surface area contributed by atoms with Gasteiger partial charge in [0.15, 0.2) is 0 Å². The summed E-state index contributed by atoms with van der Waals surface area (Å²) in [4.78, 5) is 0.362. The number of hydrogen-bond acceptors (Lipinski definition) is 3. The van der Waals surface area contributed by atoms with Crippen LogP contribution in [0.3, 0.4) is 0 Å². The molecule has 3 atom stereocenters. The van der Waals surface area contributed by atoms with Gasteiger partial charge in [-0.05, 0) is 38.8 Å². The quantitative estimate of drug-likeness (QED) is 0.797. The van der Waals surface area contributed by atoms with Crippen LogP contribution in [0, 0.1) is 6.92 Å². The smallest absolute Gasteiger partial charge is 0.244 e. The first-order chi connectivity index (χ1) is 10.9. The maximum absolute atomic E-state index is 13.3. The number of hydrogen-bond donors (Lipinski definition) is 0. The summed E-state index contributed by atoms with van der Waals surface area (Å²) in [5, 5.41) is 0. The molecule has 1 aliphatic carbocycles. The first-order valence-electron chi connectivity index (χ1n) is 8.28. The van der Waals surface area contributed by atoms with Crippen molar-refractivity contribution < 1.29 is 13.2 Å². The van der Waals surface area contributed by atoms with E-state index in [1.807, 2.05) is 26.0 Å². The molecule has 0 N–H and O–H groups in total. The molecule has 0 aromatic heterocycles. The van der Waals surface area contributed by atoms with Crippen LogP contribution in [0.25, 0.3) is 0 Å². The average molecular weight is 335 g/mol. The minimum absolute atomic E-state index is 0.0135. The zero-order chi connectivity index (χ0) is 16.6. The normalized spacial score (nSPS) is 29.0. The summed E-state index contributed by atoms with van der Waals surface area (Å²) in [5.74, 6) is 0. The van der Waals surface area contributed by atoms with Crippen LogP contribution in [0.2, 0.25) is 0 Å². The van der Waals surface area contributed by atoms with E-state index in [1.165, 1.54) is 0 Å². The molecule has 1 aliphatic heterocycles. The highest BCUT2D eigenvalue weighted by Gasteiger charge is 2.46. The Kier molecular flexibility index (Phi) is 4.63. The Labute approximate surface area is 139 Å². The summed E-state index contributed by atoms with van der Waals surface area (Å²) in [6.07, 6.45) is 3.97. The average Bonchev–Trinajstić information content (AvgIpc) is 2.54. The fourth-order valence-electron chi connectivity index (χ4n) is 3.62. The zero-order valence-corrected chi connectivity index (χ0v) is 14.7. The van der Waals surface area contributed by atoms with Gasteiger partial charge in [-0.3, -0.25) is 0 Å². The van der Waals surface area contributed by atoms with Gasteiger partial charge in [-0.2, -0.15) is 4.31 Å². The molecule has 4 nitrogen and oxygen atoms in total. The zero-order valence-electron chi connectivity index (χ0n) is 13.9. The van der Waals surface area contributed by atoms with Crippen molar-refractivity contribution in [1.29, 1.82) is 0 Å². The molecule has 0 radical (unpaired) electrons. The van der Waals surface area contributed by atoms with Crippen LogP contribution < -0.4 is 0 Å². The molecule has 0 spiro atoms. The summed E-state index contributed by atoms with van der Waals surface area (Å²) in [5.41, 5.74) is 1.89. The fourth-order valence-corrected chi connectivity index (χ4v) is 5.52. The summed E-state index contributed by atoms with van der Waals surface area (Å²) < 4.78 is 34.3. The number of ether oxygens (including phenoxy) is 1. The Hall–Kier alpha value is -1.17. The number of rotatable bonds is 3. The third-order valence-corrected chi connectivity index (χ3v) is 6.88. The molecule has 126 valence electrons. The van der Waals surface area contributed by atoms with E-state index in [0.29, 0.717) is 11.5 Å². The number of sulfonamides is 1. The van der Waals surface area contributed by atoms with Gasteiger partial charge in [0.25, 0.3) is 0 Å². The van der Waals surface area contributed by atoms with Crippen molar-refractivity contribution in [3.8, 4) is 0 Å². The van der Waals surface area contributed by atoms with E-state index in [-0.39, 0.29) is 18.2 Å². The summed E-state index contributed by atoms with van der Waals surface area (Å²) in [6, 6.07) is 6.75. The van der Waals surface area contributed by atoms with E-state index in [2.05, 4.69) is 6.58 Å². The Morgan fingerprint density at radius 3 is 2.52 bits per heavy atom. The van der Waals surface area contributed by atoms with Gasteiger partial charge in [0.1, 0.15) is 0 Å². The highest BCUT2D eigenvalue weighted by atomic mass is 32.2. The SMILES string of the molecule is C=C(C)[C@@H]1CO[C@@H]2CCCC[C@@H]2N1S(=O)(=O)c1ccc(C)cc1. The monoisotopic (exact) mass is 335 g/mol. The number of benzene rings is 1. The molecule has 5 heteroatoms. The number of morpholine rings is 1. The third-order valence-electron chi connectivity index (χ3n) is 4.94. The number of nitrogens with zero attached hydrogens (tertiary/aromatic N) is 1. The second-order valence-corrected chi connectivity index (χ2v) is 8.58. The van der Waals surface area contributed by atoms with Crippen LogP contribution in [-0.2, 0) is 14.8 Å². The lowest BCUT2D eigenvalue weighted by Crippen LogP contribution is -2.59. The lowest BCUT2D eigenvalue weighted by molar-refractivity contribution is -0.0777. The van der Waals surface area contributed by atoms with Crippen molar-refractivity contribution >= 4 is 10.0 Å². The Balaban J connectivity index is 2.03. The maximum Gasteiger partial charge on any atom is 0.244 e. The van der Waals surface area contributed by atoms with Crippen molar-refractivity contribution in [1.82, 2.24) is 4.31 Å². The fraction of sp³-hybridized carbons (Fsp3) is 0.556. The minimum Gasteiger partial charge on any atom is -0.375 e. The molecule has 23 heavy (non-hydrogen) atoms. The second-order valence-electron chi connectivity index (χ2n) is 6.73. The van der Waals surface area contributed by atoms with Gasteiger partial charge in [0, 0.05) is 0 Å². The largest absolute Gasteiger partial charge is 0.375 e. The predicted octanol–water partition coefficient (Wildman–Crippen LogP) is 3.27. The molecule has 2 fully saturated rings. The van der Waals surface area contributed by atoms with E-state index in [9.17, 15) is 8.42 Å². The van der Waals surface area contributed by atoms with E-state index in [0.717, 1.165) is 36.8 Å². The Morgan fingerprint density at radius 1 is 1.22 bits per heavy atom. The predicted molar refractivity (Wildman–Crippen MR) is 90.8 cm³/mol. The van der Waals surface area contributed by atoms with Crippen LogP contribution in [0.4, 0.5) is 0 Å². The summed E-state index contributed by atoms with van der Waals surface area (Å²) in [6.45, 7) is 8.25. The van der Waals surface area contributed by atoms with Gasteiger partial charge in [0.05, 0.1) is 29.7 Å².